The number of furan rings is 1. The highest BCUT2D eigenvalue weighted by molar-refractivity contribution is 5.18. The Balaban J connectivity index is 2.27. The summed E-state index contributed by atoms with van der Waals surface area (Å²) in [5.74, 6) is 1.06. The summed E-state index contributed by atoms with van der Waals surface area (Å²) >= 11 is 0. The van der Waals surface area contributed by atoms with Crippen LogP contribution in [0.5, 0.6) is 0 Å². The van der Waals surface area contributed by atoms with E-state index >= 15 is 0 Å². The van der Waals surface area contributed by atoms with Crippen LogP contribution in [0.2, 0.25) is 0 Å². The second-order valence-electron chi connectivity index (χ2n) is 3.35. The second kappa shape index (κ2) is 7.85. The number of hydrogen-bond donors (Lipinski definition) is 1. The van der Waals surface area contributed by atoms with Gasteiger partial charge in [-0.05, 0) is 26.0 Å². The number of nitrogens with one attached hydrogen (secondary N) is 1. The lowest BCUT2D eigenvalue weighted by Gasteiger charge is -2.16. The van der Waals surface area contributed by atoms with Crippen molar-refractivity contribution in [3.05, 3.63) is 23.7 Å². The van der Waals surface area contributed by atoms with Crippen molar-refractivity contribution in [1.82, 2.24) is 5.32 Å². The zero-order valence-corrected chi connectivity index (χ0v) is 10.2. The molecule has 1 aromatic rings. The minimum absolute atomic E-state index is 0.240. The SMILES string of the molecule is CCOC(CNCc1ccc(C#N)o1)OCC. The van der Waals surface area contributed by atoms with Gasteiger partial charge in [0.2, 0.25) is 5.76 Å². The molecule has 5 heteroatoms. The van der Waals surface area contributed by atoms with Crippen LogP contribution in [0.15, 0.2) is 16.5 Å². The third kappa shape index (κ3) is 5.00. The van der Waals surface area contributed by atoms with Crippen molar-refractivity contribution in [1.29, 1.82) is 5.26 Å². The zero-order valence-electron chi connectivity index (χ0n) is 10.2. The number of hydrogen-bond acceptors (Lipinski definition) is 5. The largest absolute Gasteiger partial charge is 0.449 e. The fraction of sp³-hybridized carbons (Fsp3) is 0.583. The molecular weight excluding hydrogens is 220 g/mol. The Labute approximate surface area is 101 Å². The minimum Gasteiger partial charge on any atom is -0.449 e. The predicted molar refractivity (Wildman–Crippen MR) is 62.2 cm³/mol. The van der Waals surface area contributed by atoms with Crippen LogP contribution in [-0.2, 0) is 16.0 Å². The van der Waals surface area contributed by atoms with Gasteiger partial charge in [0.25, 0.3) is 0 Å². The third-order valence-corrected chi connectivity index (χ3v) is 2.09. The van der Waals surface area contributed by atoms with E-state index in [1.807, 2.05) is 19.9 Å². The van der Waals surface area contributed by atoms with Crippen LogP contribution in [-0.4, -0.2) is 26.0 Å². The standard InChI is InChI=1S/C12H18N2O3/c1-3-15-12(16-4-2)9-14-8-11-6-5-10(7-13)17-11/h5-6,12,14H,3-4,8-9H2,1-2H3. The molecule has 1 rings (SSSR count). The van der Waals surface area contributed by atoms with E-state index in [1.165, 1.54) is 0 Å². The van der Waals surface area contributed by atoms with Crippen LogP contribution in [0, 0.1) is 11.3 Å². The molecule has 1 aromatic heterocycles. The molecule has 0 fully saturated rings. The number of ether oxygens (including phenoxy) is 2. The molecule has 5 nitrogen and oxygen atoms in total. The quantitative estimate of drug-likeness (QED) is 0.697. The first kappa shape index (κ1) is 13.7. The first-order valence-electron chi connectivity index (χ1n) is 5.72. The lowest BCUT2D eigenvalue weighted by Crippen LogP contribution is -2.31. The minimum atomic E-state index is -0.240. The van der Waals surface area contributed by atoms with Crippen molar-refractivity contribution in [2.45, 2.75) is 26.7 Å². The average molecular weight is 238 g/mol. The first-order chi connectivity index (χ1) is 8.30. The molecule has 17 heavy (non-hydrogen) atoms. The molecule has 0 bridgehead atoms. The van der Waals surface area contributed by atoms with Crippen molar-refractivity contribution < 1.29 is 13.9 Å². The summed E-state index contributed by atoms with van der Waals surface area (Å²) < 4.78 is 16.0. The Bertz CT molecular complexity index is 351. The lowest BCUT2D eigenvalue weighted by molar-refractivity contribution is -0.133. The molecule has 0 aliphatic heterocycles. The predicted octanol–water partition coefficient (Wildman–Crippen LogP) is 1.64. The van der Waals surface area contributed by atoms with E-state index in [1.54, 1.807) is 12.1 Å². The molecule has 1 heterocycles. The number of nitriles is 1. The molecule has 0 aromatic carbocycles. The van der Waals surface area contributed by atoms with Gasteiger partial charge in [0.05, 0.1) is 6.54 Å². The molecule has 0 atom stereocenters. The summed E-state index contributed by atoms with van der Waals surface area (Å²) in [4.78, 5) is 0. The molecule has 0 radical (unpaired) electrons. The number of rotatable bonds is 8. The van der Waals surface area contributed by atoms with Gasteiger partial charge in [0.15, 0.2) is 6.29 Å². The van der Waals surface area contributed by atoms with Gasteiger partial charge in [-0.2, -0.15) is 5.26 Å². The van der Waals surface area contributed by atoms with E-state index in [0.717, 1.165) is 5.76 Å². The maximum Gasteiger partial charge on any atom is 0.203 e. The van der Waals surface area contributed by atoms with Gasteiger partial charge in [-0.1, -0.05) is 0 Å². The molecular formula is C12H18N2O3. The van der Waals surface area contributed by atoms with E-state index in [2.05, 4.69) is 5.32 Å². The summed E-state index contributed by atoms with van der Waals surface area (Å²) in [6.07, 6.45) is -0.240. The fourth-order valence-electron chi connectivity index (χ4n) is 1.38. The fourth-order valence-corrected chi connectivity index (χ4v) is 1.38. The second-order valence-corrected chi connectivity index (χ2v) is 3.35. The molecule has 94 valence electrons. The van der Waals surface area contributed by atoms with Crippen molar-refractivity contribution in [3.63, 3.8) is 0 Å². The summed E-state index contributed by atoms with van der Waals surface area (Å²) in [5, 5.41) is 11.8. The maximum atomic E-state index is 8.60. The monoisotopic (exact) mass is 238 g/mol. The van der Waals surface area contributed by atoms with Crippen LogP contribution < -0.4 is 5.32 Å². The van der Waals surface area contributed by atoms with E-state index in [0.29, 0.717) is 32.1 Å². The Hall–Kier alpha value is -1.35. The van der Waals surface area contributed by atoms with Crippen LogP contribution >= 0.6 is 0 Å². The molecule has 0 saturated carbocycles. The van der Waals surface area contributed by atoms with Gasteiger partial charge in [-0.3, -0.25) is 0 Å². The highest BCUT2D eigenvalue weighted by atomic mass is 16.7. The van der Waals surface area contributed by atoms with Crippen LogP contribution in [0.25, 0.3) is 0 Å². The number of nitrogens with zero attached hydrogens (tertiary/aromatic N) is 1. The van der Waals surface area contributed by atoms with E-state index in [9.17, 15) is 0 Å². The zero-order chi connectivity index (χ0) is 12.5. The summed E-state index contributed by atoms with van der Waals surface area (Å²) in [7, 11) is 0. The van der Waals surface area contributed by atoms with E-state index in [4.69, 9.17) is 19.2 Å². The normalized spacial score (nSPS) is 10.7. The van der Waals surface area contributed by atoms with E-state index < -0.39 is 0 Å². The molecule has 0 spiro atoms. The molecule has 0 amide bonds. The first-order valence-corrected chi connectivity index (χ1v) is 5.72. The molecule has 0 aliphatic rings. The molecule has 0 aliphatic carbocycles. The topological polar surface area (TPSA) is 67.4 Å². The Morgan fingerprint density at radius 3 is 2.59 bits per heavy atom. The van der Waals surface area contributed by atoms with Gasteiger partial charge < -0.3 is 19.2 Å². The molecule has 1 N–H and O–H groups in total. The lowest BCUT2D eigenvalue weighted by atomic mass is 10.4. The highest BCUT2D eigenvalue weighted by Crippen LogP contribution is 2.06. The molecule has 0 saturated heterocycles. The Morgan fingerprint density at radius 2 is 2.06 bits per heavy atom. The molecule has 0 unspecified atom stereocenters. The van der Waals surface area contributed by atoms with Gasteiger partial charge in [0, 0.05) is 19.8 Å². The van der Waals surface area contributed by atoms with Gasteiger partial charge >= 0.3 is 0 Å². The van der Waals surface area contributed by atoms with Gasteiger partial charge in [-0.15, -0.1) is 0 Å². The Kier molecular flexibility index (Phi) is 6.33. The van der Waals surface area contributed by atoms with Crippen molar-refractivity contribution >= 4 is 0 Å². The van der Waals surface area contributed by atoms with Crippen molar-refractivity contribution in [3.8, 4) is 6.07 Å². The maximum absolute atomic E-state index is 8.60. The summed E-state index contributed by atoms with van der Waals surface area (Å²) in [6.45, 7) is 6.23. The van der Waals surface area contributed by atoms with Gasteiger partial charge in [0.1, 0.15) is 11.8 Å². The highest BCUT2D eigenvalue weighted by Gasteiger charge is 2.07. The smallest absolute Gasteiger partial charge is 0.203 e. The van der Waals surface area contributed by atoms with Gasteiger partial charge in [-0.25, -0.2) is 0 Å². The van der Waals surface area contributed by atoms with Crippen LogP contribution in [0.3, 0.4) is 0 Å². The van der Waals surface area contributed by atoms with Crippen LogP contribution in [0.1, 0.15) is 25.4 Å². The van der Waals surface area contributed by atoms with Crippen molar-refractivity contribution in [2.75, 3.05) is 19.8 Å². The van der Waals surface area contributed by atoms with Crippen LogP contribution in [0.4, 0.5) is 0 Å². The Morgan fingerprint density at radius 1 is 1.35 bits per heavy atom. The summed E-state index contributed by atoms with van der Waals surface area (Å²) in [6, 6.07) is 5.38. The third-order valence-electron chi connectivity index (χ3n) is 2.09. The van der Waals surface area contributed by atoms with E-state index in [-0.39, 0.29) is 6.29 Å². The van der Waals surface area contributed by atoms with Crippen molar-refractivity contribution in [2.24, 2.45) is 0 Å². The average Bonchev–Trinajstić information content (AvgIpc) is 2.77. The summed E-state index contributed by atoms with van der Waals surface area (Å²) in [5.41, 5.74) is 0.